The van der Waals surface area contributed by atoms with E-state index in [2.05, 4.69) is 75.4 Å². The quantitative estimate of drug-likeness (QED) is 0.617. The van der Waals surface area contributed by atoms with Crippen LogP contribution in [0.3, 0.4) is 0 Å². The maximum atomic E-state index is 2.25. The first-order valence-electron chi connectivity index (χ1n) is 7.46. The van der Waals surface area contributed by atoms with Gasteiger partial charge in [0, 0.05) is 0 Å². The molecule has 0 saturated heterocycles. The summed E-state index contributed by atoms with van der Waals surface area (Å²) in [5.41, 5.74) is 4.05. The van der Waals surface area contributed by atoms with E-state index in [1.165, 1.54) is 42.4 Å². The first-order chi connectivity index (χ1) is 9.31. The molecule has 0 spiro atoms. The van der Waals surface area contributed by atoms with Gasteiger partial charge in [0.1, 0.15) is 0 Å². The van der Waals surface area contributed by atoms with E-state index in [1.807, 2.05) is 0 Å². The highest BCUT2D eigenvalue weighted by atomic mass is 14.0. The molecule has 0 N–H and O–H groups in total. The summed E-state index contributed by atoms with van der Waals surface area (Å²) in [6.45, 7) is 6.48. The zero-order valence-corrected chi connectivity index (χ0v) is 12.5. The number of benzene rings is 2. The minimum Gasteiger partial charge on any atom is -0.0656 e. The highest BCUT2D eigenvalue weighted by molar-refractivity contribution is 5.63. The van der Waals surface area contributed by atoms with Crippen LogP contribution in [0.2, 0.25) is 0 Å². The highest BCUT2D eigenvalue weighted by Gasteiger charge is 1.96. The van der Waals surface area contributed by atoms with Crippen molar-refractivity contribution >= 4 is 0 Å². The number of unbranched alkanes of at least 4 members (excludes halogenated alkanes) is 1. The summed E-state index contributed by atoms with van der Waals surface area (Å²) in [6.07, 6.45) is 5.00. The molecule has 2 aromatic carbocycles. The molecule has 0 nitrogen and oxygen atoms in total. The lowest BCUT2D eigenvalue weighted by molar-refractivity contribution is 0.795. The van der Waals surface area contributed by atoms with Crippen molar-refractivity contribution in [1.29, 1.82) is 0 Å². The lowest BCUT2D eigenvalue weighted by Gasteiger charge is -2.03. The maximum Gasteiger partial charge on any atom is -0.0184 e. The summed E-state index contributed by atoms with van der Waals surface area (Å²) in [5.74, 6) is 0. The summed E-state index contributed by atoms with van der Waals surface area (Å²) in [7, 11) is 0. The lowest BCUT2D eigenvalue weighted by Crippen LogP contribution is -1.84. The minimum absolute atomic E-state index is 1.20. The number of rotatable bonds is 4. The first kappa shape index (κ1) is 15.5. The van der Waals surface area contributed by atoms with E-state index in [4.69, 9.17) is 0 Å². The molecule has 0 amide bonds. The van der Waals surface area contributed by atoms with E-state index in [9.17, 15) is 0 Å². The highest BCUT2D eigenvalue weighted by Crippen LogP contribution is 2.19. The van der Waals surface area contributed by atoms with Crippen molar-refractivity contribution in [2.24, 2.45) is 0 Å². The minimum atomic E-state index is 1.20. The van der Waals surface area contributed by atoms with Crippen LogP contribution in [0.15, 0.2) is 54.6 Å². The second kappa shape index (κ2) is 9.38. The van der Waals surface area contributed by atoms with Crippen molar-refractivity contribution in [2.45, 2.75) is 46.5 Å². The molecule has 19 heavy (non-hydrogen) atoms. The van der Waals surface area contributed by atoms with Gasteiger partial charge in [0.25, 0.3) is 0 Å². The summed E-state index contributed by atoms with van der Waals surface area (Å²) >= 11 is 0. The third-order valence-electron chi connectivity index (χ3n) is 2.88. The lowest BCUT2D eigenvalue weighted by atomic mass is 10.0. The monoisotopic (exact) mass is 254 g/mol. The van der Waals surface area contributed by atoms with Gasteiger partial charge in [-0.3, -0.25) is 0 Å². The molecule has 0 radical (unpaired) electrons. The Hall–Kier alpha value is -1.56. The van der Waals surface area contributed by atoms with Crippen LogP contribution in [0.25, 0.3) is 11.1 Å². The molecule has 2 rings (SSSR count). The van der Waals surface area contributed by atoms with Gasteiger partial charge >= 0.3 is 0 Å². The van der Waals surface area contributed by atoms with Gasteiger partial charge in [0.2, 0.25) is 0 Å². The van der Waals surface area contributed by atoms with Crippen molar-refractivity contribution in [3.63, 3.8) is 0 Å². The molecule has 0 unspecified atom stereocenters. The van der Waals surface area contributed by atoms with Gasteiger partial charge in [0.05, 0.1) is 0 Å². The zero-order valence-electron chi connectivity index (χ0n) is 12.5. The van der Waals surface area contributed by atoms with Crippen LogP contribution in [0.5, 0.6) is 0 Å². The summed E-state index contributed by atoms with van der Waals surface area (Å²) < 4.78 is 0. The van der Waals surface area contributed by atoms with E-state index < -0.39 is 0 Å². The van der Waals surface area contributed by atoms with E-state index in [0.29, 0.717) is 0 Å². The molecule has 0 aromatic heterocycles. The number of hydrogen-bond acceptors (Lipinski definition) is 0. The fraction of sp³-hybridized carbons (Fsp3) is 0.368. The van der Waals surface area contributed by atoms with Crippen LogP contribution in [0.4, 0.5) is 0 Å². The van der Waals surface area contributed by atoms with Crippen LogP contribution < -0.4 is 0 Å². The molecule has 0 heteroatoms. The molecule has 0 bridgehead atoms. The topological polar surface area (TPSA) is 0 Å². The molecular formula is C19H26. The molecule has 0 atom stereocenters. The SMILES string of the molecule is CCC.CCCCc1ccc(-c2ccccc2)cc1. The summed E-state index contributed by atoms with van der Waals surface area (Å²) in [6, 6.07) is 19.5. The first-order valence-corrected chi connectivity index (χ1v) is 7.46. The Balaban J connectivity index is 0.000000550. The Kier molecular flexibility index (Phi) is 7.65. The normalized spacial score (nSPS) is 9.63. The predicted molar refractivity (Wildman–Crippen MR) is 86.5 cm³/mol. The van der Waals surface area contributed by atoms with Crippen molar-refractivity contribution in [1.82, 2.24) is 0 Å². The zero-order chi connectivity index (χ0) is 13.9. The Labute approximate surface area is 118 Å². The molecular weight excluding hydrogens is 228 g/mol. The maximum absolute atomic E-state index is 2.25. The molecule has 0 aliphatic carbocycles. The third kappa shape index (κ3) is 5.74. The second-order valence-corrected chi connectivity index (χ2v) is 4.87. The van der Waals surface area contributed by atoms with E-state index in [0.717, 1.165) is 0 Å². The van der Waals surface area contributed by atoms with Crippen molar-refractivity contribution in [2.75, 3.05) is 0 Å². The molecule has 0 saturated carbocycles. The summed E-state index contributed by atoms with van der Waals surface area (Å²) in [5, 5.41) is 0. The average Bonchev–Trinajstić information content (AvgIpc) is 2.47. The smallest absolute Gasteiger partial charge is 0.0184 e. The fourth-order valence-corrected chi connectivity index (χ4v) is 1.88. The standard InChI is InChI=1S/C16H18.C3H8/c1-2-3-7-14-10-12-16(13-11-14)15-8-5-4-6-9-15;1-3-2/h4-6,8-13H,2-3,7H2,1H3;3H2,1-2H3. The molecule has 2 aromatic rings. The third-order valence-corrected chi connectivity index (χ3v) is 2.88. The molecule has 0 heterocycles. The number of hydrogen-bond donors (Lipinski definition) is 0. The van der Waals surface area contributed by atoms with Crippen LogP contribution in [0, 0.1) is 0 Å². The molecule has 0 fully saturated rings. The van der Waals surface area contributed by atoms with Crippen molar-refractivity contribution in [3.05, 3.63) is 60.2 Å². The molecule has 0 aliphatic heterocycles. The van der Waals surface area contributed by atoms with E-state index >= 15 is 0 Å². The van der Waals surface area contributed by atoms with Gasteiger partial charge in [-0.25, -0.2) is 0 Å². The van der Waals surface area contributed by atoms with Crippen LogP contribution >= 0.6 is 0 Å². The van der Waals surface area contributed by atoms with Crippen molar-refractivity contribution < 1.29 is 0 Å². The Bertz CT molecular complexity index is 425. The Morgan fingerprint density at radius 2 is 1.21 bits per heavy atom. The van der Waals surface area contributed by atoms with Gasteiger partial charge in [-0.2, -0.15) is 0 Å². The summed E-state index contributed by atoms with van der Waals surface area (Å²) in [4.78, 5) is 0. The molecule has 102 valence electrons. The van der Waals surface area contributed by atoms with Gasteiger partial charge in [-0.15, -0.1) is 0 Å². The number of aryl methyl sites for hydroxylation is 1. The Morgan fingerprint density at radius 1 is 0.684 bits per heavy atom. The van der Waals surface area contributed by atoms with Gasteiger partial charge in [0.15, 0.2) is 0 Å². The fourth-order valence-electron chi connectivity index (χ4n) is 1.88. The average molecular weight is 254 g/mol. The van der Waals surface area contributed by atoms with Crippen molar-refractivity contribution in [3.8, 4) is 11.1 Å². The van der Waals surface area contributed by atoms with Crippen LogP contribution in [-0.4, -0.2) is 0 Å². The second-order valence-electron chi connectivity index (χ2n) is 4.87. The van der Waals surface area contributed by atoms with Crippen LogP contribution in [-0.2, 0) is 6.42 Å². The largest absolute Gasteiger partial charge is 0.0656 e. The Morgan fingerprint density at radius 3 is 1.74 bits per heavy atom. The predicted octanol–water partition coefficient (Wildman–Crippen LogP) is 6.11. The van der Waals surface area contributed by atoms with Gasteiger partial charge < -0.3 is 0 Å². The van der Waals surface area contributed by atoms with Crippen LogP contribution in [0.1, 0.15) is 45.6 Å². The van der Waals surface area contributed by atoms with E-state index in [-0.39, 0.29) is 0 Å². The van der Waals surface area contributed by atoms with E-state index in [1.54, 1.807) is 0 Å². The van der Waals surface area contributed by atoms with Gasteiger partial charge in [-0.05, 0) is 29.5 Å². The molecule has 0 aliphatic rings. The van der Waals surface area contributed by atoms with Gasteiger partial charge in [-0.1, -0.05) is 88.2 Å².